The summed E-state index contributed by atoms with van der Waals surface area (Å²) < 4.78 is 0.702. The van der Waals surface area contributed by atoms with Crippen LogP contribution in [0, 0.1) is 0 Å². The van der Waals surface area contributed by atoms with Crippen molar-refractivity contribution in [2.45, 2.75) is 6.54 Å². The Balaban J connectivity index is 2.09. The first-order chi connectivity index (χ1) is 8.56. The fraction of sp³-hybridized carbons (Fsp3) is 0.182. The quantitative estimate of drug-likeness (QED) is 0.875. The molecule has 0 saturated carbocycles. The van der Waals surface area contributed by atoms with Crippen LogP contribution in [0.5, 0.6) is 0 Å². The highest BCUT2D eigenvalue weighted by Gasteiger charge is 2.15. The van der Waals surface area contributed by atoms with Crippen LogP contribution < -0.4 is 0 Å². The monoisotopic (exact) mass is 301 g/mol. The molecule has 0 radical (unpaired) electrons. The highest BCUT2D eigenvalue weighted by molar-refractivity contribution is 7.16. The number of rotatable bonds is 3. The zero-order valence-corrected chi connectivity index (χ0v) is 11.8. The minimum atomic E-state index is -0.227. The Kier molecular flexibility index (Phi) is 4.16. The summed E-state index contributed by atoms with van der Waals surface area (Å²) in [6, 6.07) is 3.69. The summed E-state index contributed by atoms with van der Waals surface area (Å²) in [6.07, 6.45) is 2.78. The molecular weight excluding hydrogens is 293 g/mol. The van der Waals surface area contributed by atoms with Crippen LogP contribution in [0.25, 0.3) is 0 Å². The molecule has 0 N–H and O–H groups in total. The minimum absolute atomic E-state index is 0.202. The molecule has 7 heteroatoms. The smallest absolute Gasteiger partial charge is 0.274 e. The van der Waals surface area contributed by atoms with E-state index in [4.69, 9.17) is 23.2 Å². The Bertz CT molecular complexity index is 573. The average Bonchev–Trinajstić information content (AvgIpc) is 2.73. The third-order valence-electron chi connectivity index (χ3n) is 2.19. The molecule has 2 rings (SSSR count). The van der Waals surface area contributed by atoms with Crippen molar-refractivity contribution in [3.05, 3.63) is 44.6 Å². The van der Waals surface area contributed by atoms with E-state index < -0.39 is 0 Å². The van der Waals surface area contributed by atoms with Crippen LogP contribution in [-0.2, 0) is 6.54 Å². The molecule has 0 atom stereocenters. The molecule has 0 saturated heterocycles. The van der Waals surface area contributed by atoms with E-state index in [0.717, 1.165) is 4.88 Å². The molecule has 4 nitrogen and oxygen atoms in total. The zero-order chi connectivity index (χ0) is 13.1. The molecule has 0 bridgehead atoms. The highest BCUT2D eigenvalue weighted by Crippen LogP contribution is 2.22. The lowest BCUT2D eigenvalue weighted by molar-refractivity contribution is 0.0780. The normalized spacial score (nSPS) is 10.4. The number of amides is 1. The lowest BCUT2D eigenvalue weighted by Gasteiger charge is -2.15. The van der Waals surface area contributed by atoms with Gasteiger partial charge < -0.3 is 4.90 Å². The molecule has 2 heterocycles. The van der Waals surface area contributed by atoms with Crippen molar-refractivity contribution in [3.8, 4) is 0 Å². The molecule has 0 fully saturated rings. The van der Waals surface area contributed by atoms with Crippen LogP contribution in [0.1, 0.15) is 15.4 Å². The summed E-state index contributed by atoms with van der Waals surface area (Å²) in [7, 11) is 1.69. The van der Waals surface area contributed by atoms with Crippen molar-refractivity contribution in [2.24, 2.45) is 0 Å². The fourth-order valence-electron chi connectivity index (χ4n) is 1.38. The molecule has 2 aromatic rings. The second kappa shape index (κ2) is 5.65. The number of aromatic nitrogens is 2. The molecule has 0 aromatic carbocycles. The van der Waals surface area contributed by atoms with Crippen molar-refractivity contribution in [1.29, 1.82) is 0 Å². The molecule has 1 amide bonds. The van der Waals surface area contributed by atoms with Gasteiger partial charge >= 0.3 is 0 Å². The summed E-state index contributed by atoms with van der Waals surface area (Å²) >= 11 is 13.0. The maximum absolute atomic E-state index is 12.0. The van der Waals surface area contributed by atoms with Crippen molar-refractivity contribution in [3.63, 3.8) is 0 Å². The van der Waals surface area contributed by atoms with Gasteiger partial charge in [-0.2, -0.15) is 0 Å². The Labute approximate surface area is 118 Å². The van der Waals surface area contributed by atoms with Gasteiger partial charge in [0.2, 0.25) is 0 Å². The SMILES string of the molecule is CN(Cc1ccc(Cl)s1)C(=O)c1cncc(Cl)n1. The van der Waals surface area contributed by atoms with Gasteiger partial charge in [-0.05, 0) is 12.1 Å². The number of thiophene rings is 1. The maximum Gasteiger partial charge on any atom is 0.274 e. The van der Waals surface area contributed by atoms with Gasteiger partial charge in [-0.25, -0.2) is 4.98 Å². The summed E-state index contributed by atoms with van der Waals surface area (Å²) in [4.78, 5) is 22.4. The van der Waals surface area contributed by atoms with Crippen LogP contribution in [0.2, 0.25) is 9.49 Å². The molecule has 18 heavy (non-hydrogen) atoms. The number of nitrogens with zero attached hydrogens (tertiary/aromatic N) is 3. The van der Waals surface area contributed by atoms with Crippen molar-refractivity contribution in [1.82, 2.24) is 14.9 Å². The molecule has 0 aliphatic carbocycles. The Morgan fingerprint density at radius 2 is 2.17 bits per heavy atom. The van der Waals surface area contributed by atoms with Gasteiger partial charge in [-0.3, -0.25) is 9.78 Å². The second-order valence-corrected chi connectivity index (χ2v) is 5.78. The van der Waals surface area contributed by atoms with E-state index >= 15 is 0 Å². The lowest BCUT2D eigenvalue weighted by Crippen LogP contribution is -2.26. The Morgan fingerprint density at radius 1 is 1.39 bits per heavy atom. The first-order valence-corrected chi connectivity index (χ1v) is 6.61. The van der Waals surface area contributed by atoms with Gasteiger partial charge in [0.15, 0.2) is 0 Å². The summed E-state index contributed by atoms with van der Waals surface area (Å²) in [5, 5.41) is 0.202. The zero-order valence-electron chi connectivity index (χ0n) is 9.43. The van der Waals surface area contributed by atoms with Gasteiger partial charge in [0.25, 0.3) is 5.91 Å². The summed E-state index contributed by atoms with van der Waals surface area (Å²) in [5.41, 5.74) is 0.229. The van der Waals surface area contributed by atoms with Gasteiger partial charge in [-0.1, -0.05) is 23.2 Å². The molecule has 0 spiro atoms. The van der Waals surface area contributed by atoms with E-state index in [1.807, 2.05) is 6.07 Å². The minimum Gasteiger partial charge on any atom is -0.335 e. The molecule has 0 aliphatic heterocycles. The molecule has 2 aromatic heterocycles. The van der Waals surface area contributed by atoms with E-state index in [2.05, 4.69) is 9.97 Å². The van der Waals surface area contributed by atoms with E-state index in [9.17, 15) is 4.79 Å². The average molecular weight is 302 g/mol. The van der Waals surface area contributed by atoms with Gasteiger partial charge in [0.1, 0.15) is 10.8 Å². The van der Waals surface area contributed by atoms with Gasteiger partial charge in [0.05, 0.1) is 23.3 Å². The van der Waals surface area contributed by atoms with Crippen LogP contribution in [0.4, 0.5) is 0 Å². The second-order valence-electron chi connectivity index (χ2n) is 3.59. The third-order valence-corrected chi connectivity index (χ3v) is 3.59. The van der Waals surface area contributed by atoms with Crippen LogP contribution >= 0.6 is 34.5 Å². The van der Waals surface area contributed by atoms with Crippen LogP contribution in [-0.4, -0.2) is 27.8 Å². The standard InChI is InChI=1S/C11H9Cl2N3OS/c1-16(6-7-2-3-10(13)18-7)11(17)8-4-14-5-9(12)15-8/h2-5H,6H2,1H3. The van der Waals surface area contributed by atoms with Gasteiger partial charge in [0, 0.05) is 11.9 Å². The third kappa shape index (κ3) is 3.19. The van der Waals surface area contributed by atoms with Crippen molar-refractivity contribution < 1.29 is 4.79 Å². The fourth-order valence-corrected chi connectivity index (χ4v) is 2.67. The van der Waals surface area contributed by atoms with Crippen molar-refractivity contribution >= 4 is 40.4 Å². The van der Waals surface area contributed by atoms with Gasteiger partial charge in [-0.15, -0.1) is 11.3 Å². The number of hydrogen-bond acceptors (Lipinski definition) is 4. The Hall–Kier alpha value is -1.17. The first kappa shape index (κ1) is 13.3. The number of hydrogen-bond donors (Lipinski definition) is 0. The molecule has 0 aliphatic rings. The predicted molar refractivity (Wildman–Crippen MR) is 72.2 cm³/mol. The topological polar surface area (TPSA) is 46.1 Å². The number of halogens is 2. The van der Waals surface area contributed by atoms with Crippen LogP contribution in [0.3, 0.4) is 0 Å². The lowest BCUT2D eigenvalue weighted by atomic mass is 10.3. The molecule has 0 unspecified atom stereocenters. The van der Waals surface area contributed by atoms with Crippen molar-refractivity contribution in [2.75, 3.05) is 7.05 Å². The molecule has 94 valence electrons. The Morgan fingerprint density at radius 3 is 2.78 bits per heavy atom. The largest absolute Gasteiger partial charge is 0.335 e. The first-order valence-electron chi connectivity index (χ1n) is 5.03. The molecular formula is C11H9Cl2N3OS. The van der Waals surface area contributed by atoms with E-state index in [-0.39, 0.29) is 16.8 Å². The van der Waals surface area contributed by atoms with E-state index in [0.29, 0.717) is 10.9 Å². The number of carbonyl (C=O) groups is 1. The van der Waals surface area contributed by atoms with E-state index in [1.54, 1.807) is 18.0 Å². The maximum atomic E-state index is 12.0. The van der Waals surface area contributed by atoms with Crippen LogP contribution in [0.15, 0.2) is 24.5 Å². The van der Waals surface area contributed by atoms with E-state index in [1.165, 1.54) is 23.7 Å². The predicted octanol–water partition coefficient (Wildman–Crippen LogP) is 3.12. The number of carbonyl (C=O) groups excluding carboxylic acids is 1. The summed E-state index contributed by atoms with van der Waals surface area (Å²) in [5.74, 6) is -0.227. The summed E-state index contributed by atoms with van der Waals surface area (Å²) in [6.45, 7) is 0.477. The highest BCUT2D eigenvalue weighted by atomic mass is 35.5.